The van der Waals surface area contributed by atoms with Crippen LogP contribution in [-0.2, 0) is 14.3 Å². The summed E-state index contributed by atoms with van der Waals surface area (Å²) in [4.78, 5) is 24.7. The average molecular weight is 255 g/mol. The molecule has 0 unspecified atom stereocenters. The quantitative estimate of drug-likeness (QED) is 0.817. The Bertz CT molecular complexity index is 312. The van der Waals surface area contributed by atoms with Crippen molar-refractivity contribution in [1.82, 2.24) is 4.90 Å². The Balaban J connectivity index is 1.81. The van der Waals surface area contributed by atoms with E-state index in [0.717, 1.165) is 32.4 Å². The van der Waals surface area contributed by atoms with Gasteiger partial charge >= 0.3 is 5.97 Å². The maximum absolute atomic E-state index is 12.2. The van der Waals surface area contributed by atoms with Crippen LogP contribution in [0, 0.1) is 11.8 Å². The van der Waals surface area contributed by atoms with Crippen molar-refractivity contribution in [1.29, 1.82) is 0 Å². The number of nitrogens with zero attached hydrogens (tertiary/aromatic N) is 1. The lowest BCUT2D eigenvalue weighted by atomic mass is 9.92. The number of hydrogen-bond donors (Lipinski definition) is 1. The summed E-state index contributed by atoms with van der Waals surface area (Å²) in [5.74, 6) is -0.167. The van der Waals surface area contributed by atoms with Crippen molar-refractivity contribution in [2.24, 2.45) is 11.8 Å². The van der Waals surface area contributed by atoms with Gasteiger partial charge in [-0.25, -0.2) is 0 Å². The highest BCUT2D eigenvalue weighted by atomic mass is 16.5. The fourth-order valence-corrected chi connectivity index (χ4v) is 2.82. The first-order valence-corrected chi connectivity index (χ1v) is 6.75. The van der Waals surface area contributed by atoms with E-state index in [1.165, 1.54) is 0 Å². The highest BCUT2D eigenvalue weighted by molar-refractivity contribution is 5.79. The minimum atomic E-state index is -0.748. The van der Waals surface area contributed by atoms with Gasteiger partial charge < -0.3 is 14.7 Å². The van der Waals surface area contributed by atoms with E-state index in [0.29, 0.717) is 25.6 Å². The Morgan fingerprint density at radius 1 is 1.33 bits per heavy atom. The summed E-state index contributed by atoms with van der Waals surface area (Å²) in [6, 6.07) is 0. The number of aliphatic carboxylic acids is 1. The molecule has 2 rings (SSSR count). The second-order valence-electron chi connectivity index (χ2n) is 5.29. The number of likely N-dealkylation sites (tertiary alicyclic amines) is 1. The number of carbonyl (C=O) groups is 2. The van der Waals surface area contributed by atoms with E-state index in [-0.39, 0.29) is 18.2 Å². The monoisotopic (exact) mass is 255 g/mol. The fourth-order valence-electron chi connectivity index (χ4n) is 2.82. The summed E-state index contributed by atoms with van der Waals surface area (Å²) in [6.07, 6.45) is 3.75. The molecule has 0 aromatic carbocycles. The number of carboxylic acids is 1. The van der Waals surface area contributed by atoms with Crippen LogP contribution < -0.4 is 0 Å². The van der Waals surface area contributed by atoms with E-state index in [9.17, 15) is 9.59 Å². The lowest BCUT2D eigenvalue weighted by Gasteiger charge is -2.34. The maximum Gasteiger partial charge on any atom is 0.303 e. The molecule has 0 aromatic heterocycles. The van der Waals surface area contributed by atoms with Crippen molar-refractivity contribution in [2.75, 3.05) is 26.3 Å². The molecule has 0 radical (unpaired) electrons. The fraction of sp³-hybridized carbons (Fsp3) is 0.846. The second-order valence-corrected chi connectivity index (χ2v) is 5.29. The van der Waals surface area contributed by atoms with Gasteiger partial charge in [-0.15, -0.1) is 0 Å². The van der Waals surface area contributed by atoms with Gasteiger partial charge in [0, 0.05) is 26.1 Å². The summed E-state index contributed by atoms with van der Waals surface area (Å²) in [5, 5.41) is 8.69. The lowest BCUT2D eigenvalue weighted by Crippen LogP contribution is -2.43. The third-order valence-corrected chi connectivity index (χ3v) is 3.88. The summed E-state index contributed by atoms with van der Waals surface area (Å²) < 4.78 is 5.25. The molecule has 2 atom stereocenters. The number of amides is 1. The molecule has 2 saturated heterocycles. The van der Waals surface area contributed by atoms with Crippen molar-refractivity contribution < 1.29 is 19.4 Å². The van der Waals surface area contributed by atoms with E-state index in [4.69, 9.17) is 9.84 Å². The van der Waals surface area contributed by atoms with Crippen molar-refractivity contribution in [2.45, 2.75) is 32.1 Å². The number of piperidine rings is 1. The van der Waals surface area contributed by atoms with Crippen LogP contribution in [0.15, 0.2) is 0 Å². The molecule has 2 heterocycles. The Morgan fingerprint density at radius 2 is 2.17 bits per heavy atom. The van der Waals surface area contributed by atoms with Crippen molar-refractivity contribution in [3.8, 4) is 0 Å². The van der Waals surface area contributed by atoms with E-state index in [1.807, 2.05) is 4.90 Å². The number of rotatable bonds is 4. The molecule has 2 aliphatic rings. The van der Waals surface area contributed by atoms with Gasteiger partial charge in [-0.05, 0) is 31.6 Å². The molecule has 2 fully saturated rings. The highest BCUT2D eigenvalue weighted by Crippen LogP contribution is 2.24. The number of carboxylic acid groups (broad SMARTS) is 1. The van der Waals surface area contributed by atoms with Gasteiger partial charge in [0.1, 0.15) is 0 Å². The predicted octanol–water partition coefficient (Wildman–Crippen LogP) is 1.13. The SMILES string of the molecule is O=C(O)CC[C@H]1CCCN(C(=O)[C@H]2CCOC2)C1. The number of ether oxygens (including phenoxy) is 1. The van der Waals surface area contributed by atoms with E-state index in [2.05, 4.69) is 0 Å². The molecule has 1 N–H and O–H groups in total. The minimum absolute atomic E-state index is 0.0308. The Morgan fingerprint density at radius 3 is 2.83 bits per heavy atom. The van der Waals surface area contributed by atoms with Crippen molar-refractivity contribution >= 4 is 11.9 Å². The summed E-state index contributed by atoms with van der Waals surface area (Å²) in [7, 11) is 0. The molecule has 1 amide bonds. The molecule has 5 heteroatoms. The van der Waals surface area contributed by atoms with Gasteiger partial charge in [-0.1, -0.05) is 0 Å². The van der Waals surface area contributed by atoms with Crippen LogP contribution in [0.2, 0.25) is 0 Å². The van der Waals surface area contributed by atoms with Crippen LogP contribution >= 0.6 is 0 Å². The Hall–Kier alpha value is -1.10. The Labute approximate surface area is 107 Å². The zero-order chi connectivity index (χ0) is 13.0. The van der Waals surface area contributed by atoms with E-state index < -0.39 is 5.97 Å². The third-order valence-electron chi connectivity index (χ3n) is 3.88. The zero-order valence-corrected chi connectivity index (χ0v) is 10.6. The normalized spacial score (nSPS) is 28.3. The van der Waals surface area contributed by atoms with Crippen LogP contribution in [0.25, 0.3) is 0 Å². The predicted molar refractivity (Wildman–Crippen MR) is 65.1 cm³/mol. The molecule has 2 aliphatic heterocycles. The van der Waals surface area contributed by atoms with E-state index >= 15 is 0 Å². The zero-order valence-electron chi connectivity index (χ0n) is 10.6. The highest BCUT2D eigenvalue weighted by Gasteiger charge is 2.31. The lowest BCUT2D eigenvalue weighted by molar-refractivity contribution is -0.138. The van der Waals surface area contributed by atoms with Gasteiger partial charge in [0.2, 0.25) is 5.91 Å². The molecule has 0 aliphatic carbocycles. The van der Waals surface area contributed by atoms with Crippen molar-refractivity contribution in [3.05, 3.63) is 0 Å². The first kappa shape index (κ1) is 13.3. The third kappa shape index (κ3) is 3.45. The summed E-state index contributed by atoms with van der Waals surface area (Å²) in [5.41, 5.74) is 0. The molecule has 18 heavy (non-hydrogen) atoms. The smallest absolute Gasteiger partial charge is 0.303 e. The van der Waals surface area contributed by atoms with Gasteiger partial charge in [0.25, 0.3) is 0 Å². The largest absolute Gasteiger partial charge is 0.481 e. The maximum atomic E-state index is 12.2. The standard InChI is InChI=1S/C13H21NO4/c15-12(16)4-3-10-2-1-6-14(8-10)13(17)11-5-7-18-9-11/h10-11H,1-9H2,(H,15,16)/t10-,11+/m1/s1. The topological polar surface area (TPSA) is 66.8 Å². The van der Waals surface area contributed by atoms with Crippen LogP contribution in [0.3, 0.4) is 0 Å². The molecule has 0 aromatic rings. The van der Waals surface area contributed by atoms with Gasteiger partial charge in [0.15, 0.2) is 0 Å². The van der Waals surface area contributed by atoms with Crippen molar-refractivity contribution in [3.63, 3.8) is 0 Å². The molecular weight excluding hydrogens is 234 g/mol. The Kier molecular flexibility index (Phi) is 4.58. The van der Waals surface area contributed by atoms with Gasteiger partial charge in [-0.2, -0.15) is 0 Å². The average Bonchev–Trinajstić information content (AvgIpc) is 2.89. The summed E-state index contributed by atoms with van der Waals surface area (Å²) in [6.45, 7) is 2.78. The van der Waals surface area contributed by atoms with Crippen LogP contribution in [0.4, 0.5) is 0 Å². The first-order chi connectivity index (χ1) is 8.66. The molecule has 0 spiro atoms. The van der Waals surface area contributed by atoms with Crippen LogP contribution in [0.5, 0.6) is 0 Å². The first-order valence-electron chi connectivity index (χ1n) is 6.75. The molecule has 0 saturated carbocycles. The van der Waals surface area contributed by atoms with Crippen LogP contribution in [-0.4, -0.2) is 48.2 Å². The molecular formula is C13H21NO4. The van der Waals surface area contributed by atoms with Crippen LogP contribution in [0.1, 0.15) is 32.1 Å². The number of carbonyl (C=O) groups excluding carboxylic acids is 1. The van der Waals surface area contributed by atoms with E-state index in [1.54, 1.807) is 0 Å². The van der Waals surface area contributed by atoms with Gasteiger partial charge in [-0.3, -0.25) is 9.59 Å². The van der Waals surface area contributed by atoms with Gasteiger partial charge in [0.05, 0.1) is 12.5 Å². The molecule has 102 valence electrons. The molecule has 5 nitrogen and oxygen atoms in total. The summed E-state index contributed by atoms with van der Waals surface area (Å²) >= 11 is 0. The number of hydrogen-bond acceptors (Lipinski definition) is 3. The second kappa shape index (κ2) is 6.18. The molecule has 0 bridgehead atoms. The minimum Gasteiger partial charge on any atom is -0.481 e.